The van der Waals surface area contributed by atoms with Crippen LogP contribution in [0.5, 0.6) is 0 Å². The second-order valence-electron chi connectivity index (χ2n) is 4.85. The quantitative estimate of drug-likeness (QED) is 0.742. The van der Waals surface area contributed by atoms with E-state index in [4.69, 9.17) is 4.74 Å². The normalized spacial score (nSPS) is 12.9. The van der Waals surface area contributed by atoms with E-state index in [1.165, 1.54) is 11.1 Å². The number of likely N-dealkylation sites (N-methyl/N-ethyl adjacent to an activating group) is 2. The first-order valence-electron chi connectivity index (χ1n) is 7.23. The Balaban J connectivity index is 2.74. The van der Waals surface area contributed by atoms with Gasteiger partial charge in [0.2, 0.25) is 0 Å². The molecule has 0 spiro atoms. The van der Waals surface area contributed by atoms with Crippen LogP contribution in [-0.2, 0) is 4.74 Å². The van der Waals surface area contributed by atoms with Crippen LogP contribution in [0.4, 0.5) is 0 Å². The van der Waals surface area contributed by atoms with Gasteiger partial charge in [-0.25, -0.2) is 0 Å². The number of ether oxygens (including phenoxy) is 1. The Bertz CT molecular complexity index is 354. The number of rotatable bonds is 9. The molecule has 19 heavy (non-hydrogen) atoms. The largest absolute Gasteiger partial charge is 0.383 e. The number of benzene rings is 1. The Morgan fingerprint density at radius 1 is 1.26 bits per heavy atom. The van der Waals surface area contributed by atoms with Gasteiger partial charge in [0, 0.05) is 26.2 Å². The lowest BCUT2D eigenvalue weighted by Crippen LogP contribution is -2.37. The predicted octanol–water partition coefficient (Wildman–Crippen LogP) is 2.61. The summed E-state index contributed by atoms with van der Waals surface area (Å²) in [6.07, 6.45) is 0. The SMILES string of the molecule is CCNC(CN(CC)CCOC)c1ccccc1C. The molecule has 0 aliphatic rings. The zero-order valence-electron chi connectivity index (χ0n) is 12.8. The van der Waals surface area contributed by atoms with E-state index in [2.05, 4.69) is 55.3 Å². The lowest BCUT2D eigenvalue weighted by molar-refractivity contribution is 0.144. The Morgan fingerprint density at radius 3 is 2.58 bits per heavy atom. The molecule has 108 valence electrons. The highest BCUT2D eigenvalue weighted by atomic mass is 16.5. The zero-order chi connectivity index (χ0) is 14.1. The molecule has 0 saturated carbocycles. The van der Waals surface area contributed by atoms with Gasteiger partial charge in [-0.2, -0.15) is 0 Å². The highest BCUT2D eigenvalue weighted by Crippen LogP contribution is 2.18. The van der Waals surface area contributed by atoms with Crippen molar-refractivity contribution < 1.29 is 4.74 Å². The summed E-state index contributed by atoms with van der Waals surface area (Å²) < 4.78 is 5.18. The van der Waals surface area contributed by atoms with E-state index in [-0.39, 0.29) is 0 Å². The minimum absolute atomic E-state index is 0.392. The molecule has 0 fully saturated rings. The van der Waals surface area contributed by atoms with Crippen molar-refractivity contribution in [2.75, 3.05) is 39.9 Å². The number of hydrogen-bond acceptors (Lipinski definition) is 3. The summed E-state index contributed by atoms with van der Waals surface area (Å²) in [4.78, 5) is 2.43. The Kier molecular flexibility index (Phi) is 7.72. The van der Waals surface area contributed by atoms with Crippen molar-refractivity contribution in [2.45, 2.75) is 26.8 Å². The van der Waals surface area contributed by atoms with Gasteiger partial charge in [-0.05, 0) is 31.1 Å². The maximum Gasteiger partial charge on any atom is 0.0589 e. The van der Waals surface area contributed by atoms with Crippen molar-refractivity contribution in [3.05, 3.63) is 35.4 Å². The fraction of sp³-hybridized carbons (Fsp3) is 0.625. The van der Waals surface area contributed by atoms with Gasteiger partial charge in [0.25, 0.3) is 0 Å². The molecule has 0 aromatic heterocycles. The average molecular weight is 264 g/mol. The van der Waals surface area contributed by atoms with E-state index < -0.39 is 0 Å². The molecular weight excluding hydrogens is 236 g/mol. The summed E-state index contributed by atoms with van der Waals surface area (Å²) in [6.45, 7) is 11.4. The second kappa shape index (κ2) is 9.08. The molecule has 1 aromatic rings. The van der Waals surface area contributed by atoms with Crippen LogP contribution < -0.4 is 5.32 Å². The van der Waals surface area contributed by atoms with Gasteiger partial charge in [-0.1, -0.05) is 38.1 Å². The molecule has 1 aromatic carbocycles. The second-order valence-corrected chi connectivity index (χ2v) is 4.85. The lowest BCUT2D eigenvalue weighted by Gasteiger charge is -2.28. The first kappa shape index (κ1) is 16.2. The highest BCUT2D eigenvalue weighted by Gasteiger charge is 2.15. The molecule has 0 radical (unpaired) electrons. The lowest BCUT2D eigenvalue weighted by atomic mass is 10.0. The van der Waals surface area contributed by atoms with Gasteiger partial charge in [0.15, 0.2) is 0 Å². The monoisotopic (exact) mass is 264 g/mol. The third-order valence-corrected chi connectivity index (χ3v) is 3.51. The Labute approximate surface area is 118 Å². The molecular formula is C16H28N2O. The number of nitrogens with one attached hydrogen (secondary N) is 1. The van der Waals surface area contributed by atoms with E-state index in [0.29, 0.717) is 6.04 Å². The minimum Gasteiger partial charge on any atom is -0.383 e. The molecule has 0 bridgehead atoms. The van der Waals surface area contributed by atoms with E-state index in [1.807, 2.05) is 0 Å². The minimum atomic E-state index is 0.392. The van der Waals surface area contributed by atoms with E-state index in [1.54, 1.807) is 7.11 Å². The van der Waals surface area contributed by atoms with Gasteiger partial charge < -0.3 is 10.1 Å². The molecule has 0 heterocycles. The maximum atomic E-state index is 5.18. The summed E-state index contributed by atoms with van der Waals surface area (Å²) >= 11 is 0. The molecule has 0 aliphatic heterocycles. The number of nitrogens with zero attached hydrogens (tertiary/aromatic N) is 1. The molecule has 0 saturated heterocycles. The smallest absolute Gasteiger partial charge is 0.0589 e. The summed E-state index contributed by atoms with van der Waals surface area (Å²) in [5.41, 5.74) is 2.76. The molecule has 0 amide bonds. The molecule has 1 rings (SSSR count). The predicted molar refractivity (Wildman–Crippen MR) is 81.6 cm³/mol. The van der Waals surface area contributed by atoms with Crippen LogP contribution in [0.25, 0.3) is 0 Å². The van der Waals surface area contributed by atoms with Crippen LogP contribution >= 0.6 is 0 Å². The van der Waals surface area contributed by atoms with Crippen molar-refractivity contribution in [1.29, 1.82) is 0 Å². The van der Waals surface area contributed by atoms with Crippen LogP contribution in [0.1, 0.15) is 31.0 Å². The van der Waals surface area contributed by atoms with Crippen LogP contribution in [0.3, 0.4) is 0 Å². The van der Waals surface area contributed by atoms with E-state index >= 15 is 0 Å². The summed E-state index contributed by atoms with van der Waals surface area (Å²) in [6, 6.07) is 9.03. The fourth-order valence-electron chi connectivity index (χ4n) is 2.35. The van der Waals surface area contributed by atoms with Crippen LogP contribution in [0.2, 0.25) is 0 Å². The average Bonchev–Trinajstić information content (AvgIpc) is 2.43. The van der Waals surface area contributed by atoms with Crippen molar-refractivity contribution in [3.8, 4) is 0 Å². The molecule has 3 nitrogen and oxygen atoms in total. The number of aryl methyl sites for hydroxylation is 1. The summed E-state index contributed by atoms with van der Waals surface area (Å²) in [7, 11) is 1.76. The zero-order valence-corrected chi connectivity index (χ0v) is 12.8. The molecule has 1 N–H and O–H groups in total. The molecule has 1 unspecified atom stereocenters. The van der Waals surface area contributed by atoms with E-state index in [0.717, 1.165) is 32.8 Å². The summed E-state index contributed by atoms with van der Waals surface area (Å²) in [5.74, 6) is 0. The van der Waals surface area contributed by atoms with Gasteiger partial charge in [0.1, 0.15) is 0 Å². The van der Waals surface area contributed by atoms with Crippen molar-refractivity contribution >= 4 is 0 Å². The third kappa shape index (κ3) is 5.31. The van der Waals surface area contributed by atoms with Gasteiger partial charge >= 0.3 is 0 Å². The third-order valence-electron chi connectivity index (χ3n) is 3.51. The van der Waals surface area contributed by atoms with Crippen LogP contribution in [0, 0.1) is 6.92 Å². The van der Waals surface area contributed by atoms with Crippen molar-refractivity contribution in [2.24, 2.45) is 0 Å². The van der Waals surface area contributed by atoms with Gasteiger partial charge in [-0.3, -0.25) is 4.90 Å². The highest BCUT2D eigenvalue weighted by molar-refractivity contribution is 5.29. The number of methoxy groups -OCH3 is 1. The van der Waals surface area contributed by atoms with Gasteiger partial charge in [0.05, 0.1) is 6.61 Å². The Morgan fingerprint density at radius 2 is 2.00 bits per heavy atom. The van der Waals surface area contributed by atoms with Crippen LogP contribution in [-0.4, -0.2) is 44.8 Å². The first-order chi connectivity index (χ1) is 9.22. The number of hydrogen-bond donors (Lipinski definition) is 1. The first-order valence-corrected chi connectivity index (χ1v) is 7.23. The molecule has 1 atom stereocenters. The molecule has 0 aliphatic carbocycles. The van der Waals surface area contributed by atoms with Crippen LogP contribution in [0.15, 0.2) is 24.3 Å². The molecule has 3 heteroatoms. The van der Waals surface area contributed by atoms with Crippen molar-refractivity contribution in [3.63, 3.8) is 0 Å². The van der Waals surface area contributed by atoms with Crippen molar-refractivity contribution in [1.82, 2.24) is 10.2 Å². The maximum absolute atomic E-state index is 5.18. The van der Waals surface area contributed by atoms with E-state index in [9.17, 15) is 0 Å². The topological polar surface area (TPSA) is 24.5 Å². The fourth-order valence-corrected chi connectivity index (χ4v) is 2.35. The summed E-state index contributed by atoms with van der Waals surface area (Å²) in [5, 5.41) is 3.60. The standard InChI is InChI=1S/C16H28N2O/c1-5-17-16(13-18(6-2)11-12-19-4)15-10-8-7-9-14(15)3/h7-10,16-17H,5-6,11-13H2,1-4H3. The van der Waals surface area contributed by atoms with Gasteiger partial charge in [-0.15, -0.1) is 0 Å². The Hall–Kier alpha value is -0.900.